The maximum atomic E-state index is 12.1. The van der Waals surface area contributed by atoms with Crippen LogP contribution in [0.2, 0.25) is 0 Å². The van der Waals surface area contributed by atoms with Crippen LogP contribution in [0.3, 0.4) is 0 Å². The molecule has 0 fully saturated rings. The lowest BCUT2D eigenvalue weighted by Crippen LogP contribution is -2.12. The first-order chi connectivity index (χ1) is 8.97. The van der Waals surface area contributed by atoms with Gasteiger partial charge in [0.2, 0.25) is 0 Å². The molecular formula is C15H16N2O2. The molecule has 0 saturated heterocycles. The average Bonchev–Trinajstić information content (AvgIpc) is 2.31. The van der Waals surface area contributed by atoms with Crippen LogP contribution in [0, 0.1) is 13.8 Å². The van der Waals surface area contributed by atoms with Crippen molar-refractivity contribution in [3.8, 4) is 5.75 Å². The second-order valence-corrected chi connectivity index (χ2v) is 4.57. The number of hydrogen-bond acceptors (Lipinski definition) is 3. The predicted molar refractivity (Wildman–Crippen MR) is 76.4 cm³/mol. The van der Waals surface area contributed by atoms with Gasteiger partial charge in [0.05, 0.1) is 11.3 Å². The number of rotatable bonds is 2. The highest BCUT2D eigenvalue weighted by Gasteiger charge is 2.13. The SMILES string of the molecule is Cc1cc(C)cc(NC(=O)c2cccc(N)c2O)c1. The second-order valence-electron chi connectivity index (χ2n) is 4.57. The summed E-state index contributed by atoms with van der Waals surface area (Å²) in [7, 11) is 0. The van der Waals surface area contributed by atoms with Gasteiger partial charge in [0.15, 0.2) is 5.75 Å². The molecule has 0 heterocycles. The highest BCUT2D eigenvalue weighted by Crippen LogP contribution is 2.25. The van der Waals surface area contributed by atoms with Gasteiger partial charge in [0.25, 0.3) is 5.91 Å². The summed E-state index contributed by atoms with van der Waals surface area (Å²) in [5.74, 6) is -0.570. The maximum Gasteiger partial charge on any atom is 0.259 e. The molecule has 0 aromatic heterocycles. The minimum absolute atomic E-state index is 0.166. The number of anilines is 2. The molecule has 0 bridgehead atoms. The topological polar surface area (TPSA) is 75.4 Å². The summed E-state index contributed by atoms with van der Waals surface area (Å²) in [6.45, 7) is 3.92. The maximum absolute atomic E-state index is 12.1. The first kappa shape index (κ1) is 13.0. The Balaban J connectivity index is 2.28. The number of phenols is 1. The van der Waals surface area contributed by atoms with Gasteiger partial charge < -0.3 is 16.2 Å². The summed E-state index contributed by atoms with van der Waals surface area (Å²) in [6.07, 6.45) is 0. The molecule has 2 aromatic carbocycles. The summed E-state index contributed by atoms with van der Waals surface area (Å²) < 4.78 is 0. The number of carbonyl (C=O) groups excluding carboxylic acids is 1. The number of nitrogens with one attached hydrogen (secondary N) is 1. The van der Waals surface area contributed by atoms with E-state index in [1.54, 1.807) is 12.1 Å². The number of phenolic OH excluding ortho intramolecular Hbond substituents is 1. The molecule has 1 amide bonds. The number of para-hydroxylation sites is 1. The van der Waals surface area contributed by atoms with Crippen LogP contribution < -0.4 is 11.1 Å². The van der Waals surface area contributed by atoms with E-state index in [-0.39, 0.29) is 22.9 Å². The number of benzene rings is 2. The van der Waals surface area contributed by atoms with E-state index in [2.05, 4.69) is 5.32 Å². The standard InChI is InChI=1S/C15H16N2O2/c1-9-6-10(2)8-11(7-9)17-15(19)12-4-3-5-13(16)14(12)18/h3-8,18H,16H2,1-2H3,(H,17,19). The van der Waals surface area contributed by atoms with E-state index in [1.165, 1.54) is 6.07 Å². The second kappa shape index (κ2) is 5.02. The minimum atomic E-state index is -0.380. The lowest BCUT2D eigenvalue weighted by atomic mass is 10.1. The molecule has 4 N–H and O–H groups in total. The lowest BCUT2D eigenvalue weighted by molar-refractivity contribution is 0.102. The van der Waals surface area contributed by atoms with E-state index in [9.17, 15) is 9.90 Å². The largest absolute Gasteiger partial charge is 0.505 e. The van der Waals surface area contributed by atoms with Gasteiger partial charge >= 0.3 is 0 Å². The minimum Gasteiger partial charge on any atom is -0.505 e. The molecule has 19 heavy (non-hydrogen) atoms. The van der Waals surface area contributed by atoms with Crippen molar-refractivity contribution >= 4 is 17.3 Å². The number of aryl methyl sites for hydroxylation is 2. The Bertz CT molecular complexity index is 616. The zero-order valence-electron chi connectivity index (χ0n) is 10.9. The molecule has 0 unspecified atom stereocenters. The molecule has 0 spiro atoms. The quantitative estimate of drug-likeness (QED) is 0.571. The van der Waals surface area contributed by atoms with Crippen molar-refractivity contribution in [3.05, 3.63) is 53.1 Å². The van der Waals surface area contributed by atoms with Crippen molar-refractivity contribution in [1.29, 1.82) is 0 Å². The van der Waals surface area contributed by atoms with Gasteiger partial charge in [-0.25, -0.2) is 0 Å². The number of carbonyl (C=O) groups is 1. The van der Waals surface area contributed by atoms with E-state index in [4.69, 9.17) is 5.73 Å². The van der Waals surface area contributed by atoms with Crippen molar-refractivity contribution in [1.82, 2.24) is 0 Å². The van der Waals surface area contributed by atoms with Crippen LogP contribution in [0.4, 0.5) is 11.4 Å². The van der Waals surface area contributed by atoms with Crippen molar-refractivity contribution in [2.75, 3.05) is 11.1 Å². The van der Waals surface area contributed by atoms with Crippen molar-refractivity contribution in [3.63, 3.8) is 0 Å². The van der Waals surface area contributed by atoms with Gasteiger partial charge in [-0.15, -0.1) is 0 Å². The van der Waals surface area contributed by atoms with Crippen molar-refractivity contribution in [2.45, 2.75) is 13.8 Å². The molecular weight excluding hydrogens is 240 g/mol. The van der Waals surface area contributed by atoms with Crippen LogP contribution in [0.15, 0.2) is 36.4 Å². The summed E-state index contributed by atoms with van der Waals surface area (Å²) >= 11 is 0. The number of nitrogens with two attached hydrogens (primary N) is 1. The number of amides is 1. The fraction of sp³-hybridized carbons (Fsp3) is 0.133. The zero-order valence-corrected chi connectivity index (χ0v) is 10.9. The number of nitrogen functional groups attached to an aromatic ring is 1. The lowest BCUT2D eigenvalue weighted by Gasteiger charge is -2.09. The van der Waals surface area contributed by atoms with Crippen LogP contribution in [0.1, 0.15) is 21.5 Å². The van der Waals surface area contributed by atoms with Crippen LogP contribution in [0.25, 0.3) is 0 Å². The van der Waals surface area contributed by atoms with Gasteiger partial charge in [-0.05, 0) is 49.2 Å². The number of aromatic hydroxyl groups is 1. The Morgan fingerprint density at radius 1 is 1.16 bits per heavy atom. The molecule has 4 heteroatoms. The third-order valence-corrected chi connectivity index (χ3v) is 2.79. The molecule has 2 aromatic rings. The zero-order chi connectivity index (χ0) is 14.0. The first-order valence-electron chi connectivity index (χ1n) is 5.94. The third-order valence-electron chi connectivity index (χ3n) is 2.79. The monoisotopic (exact) mass is 256 g/mol. The van der Waals surface area contributed by atoms with E-state index < -0.39 is 0 Å². The molecule has 0 aliphatic rings. The average molecular weight is 256 g/mol. The highest BCUT2D eigenvalue weighted by molar-refractivity contribution is 6.07. The van der Waals surface area contributed by atoms with Gasteiger partial charge in [-0.2, -0.15) is 0 Å². The Kier molecular flexibility index (Phi) is 3.42. The Hall–Kier alpha value is -2.49. The summed E-state index contributed by atoms with van der Waals surface area (Å²) in [5, 5.41) is 12.5. The molecule has 0 aliphatic heterocycles. The van der Waals surface area contributed by atoms with Gasteiger partial charge in [0, 0.05) is 5.69 Å². The Labute approximate surface area is 111 Å². The number of hydrogen-bond donors (Lipinski definition) is 3. The van der Waals surface area contributed by atoms with E-state index in [0.717, 1.165) is 11.1 Å². The van der Waals surface area contributed by atoms with E-state index in [0.29, 0.717) is 5.69 Å². The normalized spacial score (nSPS) is 10.2. The summed E-state index contributed by atoms with van der Waals surface area (Å²) in [4.78, 5) is 12.1. The van der Waals surface area contributed by atoms with Gasteiger partial charge in [-0.3, -0.25) is 4.79 Å². The molecule has 4 nitrogen and oxygen atoms in total. The molecule has 0 saturated carbocycles. The Morgan fingerprint density at radius 2 is 1.79 bits per heavy atom. The van der Waals surface area contributed by atoms with Crippen LogP contribution in [-0.2, 0) is 0 Å². The van der Waals surface area contributed by atoms with Crippen LogP contribution in [0.5, 0.6) is 5.75 Å². The molecule has 2 rings (SSSR count). The smallest absolute Gasteiger partial charge is 0.259 e. The van der Waals surface area contributed by atoms with Gasteiger partial charge in [0.1, 0.15) is 0 Å². The Morgan fingerprint density at radius 3 is 2.42 bits per heavy atom. The van der Waals surface area contributed by atoms with E-state index >= 15 is 0 Å². The highest BCUT2D eigenvalue weighted by atomic mass is 16.3. The first-order valence-corrected chi connectivity index (χ1v) is 5.94. The summed E-state index contributed by atoms with van der Waals surface area (Å²) in [6, 6.07) is 10.5. The molecule has 0 aliphatic carbocycles. The van der Waals surface area contributed by atoms with Crippen LogP contribution >= 0.6 is 0 Å². The molecule has 0 radical (unpaired) electrons. The van der Waals surface area contributed by atoms with Gasteiger partial charge in [-0.1, -0.05) is 12.1 Å². The fourth-order valence-corrected chi connectivity index (χ4v) is 1.99. The third kappa shape index (κ3) is 2.85. The van der Waals surface area contributed by atoms with E-state index in [1.807, 2.05) is 32.0 Å². The summed E-state index contributed by atoms with van der Waals surface area (Å²) in [5.41, 5.74) is 8.75. The van der Waals surface area contributed by atoms with Crippen LogP contribution in [-0.4, -0.2) is 11.0 Å². The molecule has 0 atom stereocenters. The predicted octanol–water partition coefficient (Wildman–Crippen LogP) is 2.84. The fourth-order valence-electron chi connectivity index (χ4n) is 1.99. The van der Waals surface area contributed by atoms with Crippen molar-refractivity contribution < 1.29 is 9.90 Å². The molecule has 98 valence electrons. The van der Waals surface area contributed by atoms with Crippen molar-refractivity contribution in [2.24, 2.45) is 0 Å².